The van der Waals surface area contributed by atoms with Crippen LogP contribution in [0.5, 0.6) is 0 Å². The number of hydrogen-bond donors (Lipinski definition) is 0. The number of ether oxygens (including phenoxy) is 2. The first-order valence-electron chi connectivity index (χ1n) is 6.87. The van der Waals surface area contributed by atoms with Crippen LogP contribution in [0.1, 0.15) is 20.7 Å². The number of rotatable bonds is 4. The van der Waals surface area contributed by atoms with Gasteiger partial charge < -0.3 is 9.47 Å². The molecule has 0 bridgehead atoms. The summed E-state index contributed by atoms with van der Waals surface area (Å²) in [5, 5.41) is 0. The zero-order chi connectivity index (χ0) is 17.0. The molecule has 0 aliphatic rings. The number of esters is 2. The molecule has 2 rings (SSSR count). The third-order valence-electron chi connectivity index (χ3n) is 2.62. The number of carbonyl (C=O) groups excluding carboxylic acids is 2. The highest BCUT2D eigenvalue weighted by molar-refractivity contribution is 5.89. The molecule has 0 aliphatic heterocycles. The summed E-state index contributed by atoms with van der Waals surface area (Å²) in [6, 6.07) is 6.19. The minimum absolute atomic E-state index is 0.0767. The smallest absolute Gasteiger partial charge is 0.339 e. The van der Waals surface area contributed by atoms with Gasteiger partial charge in [0.1, 0.15) is 0 Å². The third kappa shape index (κ3) is 5.63. The van der Waals surface area contributed by atoms with E-state index < -0.39 is 11.9 Å². The molecule has 0 fully saturated rings. The lowest BCUT2D eigenvalue weighted by Crippen LogP contribution is -2.05. The molecule has 0 aliphatic carbocycles. The van der Waals surface area contributed by atoms with Crippen molar-refractivity contribution in [1.29, 1.82) is 0 Å². The van der Waals surface area contributed by atoms with E-state index in [1.54, 1.807) is 24.3 Å². The molecular weight excluding hydrogens is 308 g/mol. The summed E-state index contributed by atoms with van der Waals surface area (Å²) < 4.78 is 9.86. The largest absolute Gasteiger partial charge is 0.449 e. The van der Waals surface area contributed by atoms with E-state index in [-0.39, 0.29) is 13.2 Å². The van der Waals surface area contributed by atoms with Crippen LogP contribution in [0.4, 0.5) is 0 Å². The molecule has 0 radical (unpaired) electrons. The monoisotopic (exact) mass is 320 g/mol. The van der Waals surface area contributed by atoms with Crippen molar-refractivity contribution in [2.45, 2.75) is 0 Å². The Balaban J connectivity index is 1.68. The summed E-state index contributed by atoms with van der Waals surface area (Å²) in [4.78, 5) is 30.8. The summed E-state index contributed by atoms with van der Waals surface area (Å²) >= 11 is 0. The van der Waals surface area contributed by atoms with Crippen LogP contribution in [-0.2, 0) is 9.47 Å². The molecule has 2 aromatic heterocycles. The lowest BCUT2D eigenvalue weighted by molar-refractivity contribution is 0.0547. The number of aromatic nitrogens is 2. The molecule has 0 spiro atoms. The van der Waals surface area contributed by atoms with E-state index >= 15 is 0 Å². The van der Waals surface area contributed by atoms with Gasteiger partial charge in [0, 0.05) is 24.8 Å². The van der Waals surface area contributed by atoms with Crippen LogP contribution in [0.15, 0.2) is 49.1 Å². The maximum Gasteiger partial charge on any atom is 0.339 e. The molecule has 24 heavy (non-hydrogen) atoms. The summed E-state index contributed by atoms with van der Waals surface area (Å²) in [5.74, 6) is 9.20. The number of carbonyl (C=O) groups is 2. The molecule has 6 nitrogen and oxygen atoms in total. The molecule has 0 aromatic carbocycles. The molecule has 6 heteroatoms. The van der Waals surface area contributed by atoms with E-state index in [1.807, 2.05) is 0 Å². The molecular formula is C18H12N2O4. The summed E-state index contributed by atoms with van der Waals surface area (Å²) in [6.45, 7) is -0.153. The molecule has 118 valence electrons. The second kappa shape index (κ2) is 9.39. The summed E-state index contributed by atoms with van der Waals surface area (Å²) in [6.07, 6.45) is 6.00. The minimum Gasteiger partial charge on any atom is -0.449 e. The highest BCUT2D eigenvalue weighted by atomic mass is 16.5. The molecule has 2 aromatic rings. The van der Waals surface area contributed by atoms with Gasteiger partial charge in [0.25, 0.3) is 0 Å². The van der Waals surface area contributed by atoms with Crippen LogP contribution < -0.4 is 0 Å². The topological polar surface area (TPSA) is 78.4 Å². The van der Waals surface area contributed by atoms with Crippen LogP contribution >= 0.6 is 0 Å². The quantitative estimate of drug-likeness (QED) is 0.627. The maximum absolute atomic E-state index is 11.6. The zero-order valence-electron chi connectivity index (χ0n) is 12.6. The third-order valence-corrected chi connectivity index (χ3v) is 2.62. The predicted octanol–water partition coefficient (Wildman–Crippen LogP) is 1.50. The molecule has 0 unspecified atom stereocenters. The fourth-order valence-electron chi connectivity index (χ4n) is 1.51. The Labute approximate surface area is 138 Å². The van der Waals surface area contributed by atoms with Gasteiger partial charge in [-0.25, -0.2) is 9.59 Å². The van der Waals surface area contributed by atoms with E-state index in [0.29, 0.717) is 11.1 Å². The van der Waals surface area contributed by atoms with Gasteiger partial charge in [-0.05, 0) is 47.9 Å². The lowest BCUT2D eigenvalue weighted by atomic mass is 10.3. The fraction of sp³-hybridized carbons (Fsp3) is 0.111. The van der Waals surface area contributed by atoms with Gasteiger partial charge in [-0.3, -0.25) is 9.97 Å². The van der Waals surface area contributed by atoms with Crippen molar-refractivity contribution >= 4 is 11.9 Å². The maximum atomic E-state index is 11.6. The number of pyridine rings is 2. The second-order valence-corrected chi connectivity index (χ2v) is 4.23. The van der Waals surface area contributed by atoms with Gasteiger partial charge in [-0.2, -0.15) is 0 Å². The average molecular weight is 320 g/mol. The Morgan fingerprint density at radius 2 is 1.12 bits per heavy atom. The predicted molar refractivity (Wildman–Crippen MR) is 84.6 cm³/mol. The van der Waals surface area contributed by atoms with Gasteiger partial charge in [0.2, 0.25) is 0 Å². The Hall–Kier alpha value is -3.64. The van der Waals surface area contributed by atoms with Crippen LogP contribution in [0.3, 0.4) is 0 Å². The van der Waals surface area contributed by atoms with Crippen LogP contribution in [0.2, 0.25) is 0 Å². The van der Waals surface area contributed by atoms with Crippen LogP contribution in [0.25, 0.3) is 0 Å². The highest BCUT2D eigenvalue weighted by Gasteiger charge is 2.04. The molecule has 0 saturated heterocycles. The number of nitrogens with zero attached hydrogens (tertiary/aromatic N) is 2. The minimum atomic E-state index is -0.481. The molecule has 0 atom stereocenters. The lowest BCUT2D eigenvalue weighted by Gasteiger charge is -1.99. The van der Waals surface area contributed by atoms with Gasteiger partial charge >= 0.3 is 11.9 Å². The van der Waals surface area contributed by atoms with Gasteiger partial charge in [-0.1, -0.05) is 0 Å². The number of hydrogen-bond acceptors (Lipinski definition) is 6. The van der Waals surface area contributed by atoms with E-state index in [1.165, 1.54) is 24.8 Å². The molecule has 0 N–H and O–H groups in total. The molecule has 0 amide bonds. The Morgan fingerprint density at radius 1 is 0.750 bits per heavy atom. The Bertz CT molecular complexity index is 741. The molecule has 0 saturated carbocycles. The van der Waals surface area contributed by atoms with E-state index in [9.17, 15) is 9.59 Å². The van der Waals surface area contributed by atoms with E-state index in [2.05, 4.69) is 33.6 Å². The van der Waals surface area contributed by atoms with Crippen molar-refractivity contribution in [3.05, 3.63) is 60.2 Å². The van der Waals surface area contributed by atoms with Crippen molar-refractivity contribution in [1.82, 2.24) is 9.97 Å². The van der Waals surface area contributed by atoms with Crippen molar-refractivity contribution in [3.8, 4) is 23.7 Å². The van der Waals surface area contributed by atoms with Gasteiger partial charge in [0.15, 0.2) is 13.2 Å². The van der Waals surface area contributed by atoms with E-state index in [4.69, 9.17) is 9.47 Å². The highest BCUT2D eigenvalue weighted by Crippen LogP contribution is 1.99. The van der Waals surface area contributed by atoms with Crippen LogP contribution in [-0.4, -0.2) is 35.1 Å². The van der Waals surface area contributed by atoms with Crippen molar-refractivity contribution in [2.75, 3.05) is 13.2 Å². The summed E-state index contributed by atoms with van der Waals surface area (Å²) in [5.41, 5.74) is 0.807. The Kier molecular flexibility index (Phi) is 6.55. The first kappa shape index (κ1) is 16.7. The van der Waals surface area contributed by atoms with Crippen molar-refractivity contribution in [3.63, 3.8) is 0 Å². The zero-order valence-corrected chi connectivity index (χ0v) is 12.6. The first-order valence-corrected chi connectivity index (χ1v) is 6.87. The SMILES string of the molecule is O=C(OCC#CC#CCOC(=O)c1ccncc1)c1ccncc1. The normalized spacial score (nSPS) is 8.83. The first-order chi connectivity index (χ1) is 11.8. The fourth-order valence-corrected chi connectivity index (χ4v) is 1.51. The summed E-state index contributed by atoms with van der Waals surface area (Å²) in [7, 11) is 0. The average Bonchev–Trinajstić information content (AvgIpc) is 2.65. The van der Waals surface area contributed by atoms with Crippen molar-refractivity contribution in [2.24, 2.45) is 0 Å². The molecule has 2 heterocycles. The van der Waals surface area contributed by atoms with Gasteiger partial charge in [-0.15, -0.1) is 0 Å². The van der Waals surface area contributed by atoms with E-state index in [0.717, 1.165) is 0 Å². The Morgan fingerprint density at radius 3 is 1.50 bits per heavy atom. The van der Waals surface area contributed by atoms with Crippen molar-refractivity contribution < 1.29 is 19.1 Å². The standard InChI is InChI=1S/C18H12N2O4/c21-17(15-5-9-19-10-6-15)23-13-3-1-2-4-14-24-18(22)16-7-11-20-12-8-16/h5-12H,13-14H2. The second-order valence-electron chi connectivity index (χ2n) is 4.23. The van der Waals surface area contributed by atoms with Gasteiger partial charge in [0.05, 0.1) is 11.1 Å². The van der Waals surface area contributed by atoms with Crippen LogP contribution in [0, 0.1) is 23.7 Å².